The number of rotatable bonds is 6. The molecule has 0 unspecified atom stereocenters. The van der Waals surface area contributed by atoms with Crippen molar-refractivity contribution in [1.29, 1.82) is 0 Å². The van der Waals surface area contributed by atoms with Gasteiger partial charge in [0.2, 0.25) is 5.91 Å². The molecule has 1 aliphatic carbocycles. The highest BCUT2D eigenvalue weighted by molar-refractivity contribution is 6.18. The highest BCUT2D eigenvalue weighted by Gasteiger charge is 2.42. The highest BCUT2D eigenvalue weighted by atomic mass is 35.5. The Labute approximate surface area is 110 Å². The molecule has 0 radical (unpaired) electrons. The van der Waals surface area contributed by atoms with Crippen molar-refractivity contribution in [2.24, 2.45) is 5.41 Å². The maximum Gasteiger partial charge on any atom is 0.226 e. The number of hydrogen-bond acceptors (Lipinski definition) is 1. The Morgan fingerprint density at radius 2 is 1.76 bits per heavy atom. The maximum absolute atomic E-state index is 12.5. The first-order valence-corrected chi connectivity index (χ1v) is 7.50. The van der Waals surface area contributed by atoms with Gasteiger partial charge in [-0.1, -0.05) is 33.6 Å². The van der Waals surface area contributed by atoms with Gasteiger partial charge in [-0.25, -0.2) is 0 Å². The minimum absolute atomic E-state index is 0.109. The number of carbonyl (C=O) groups excluding carboxylic acids is 1. The van der Waals surface area contributed by atoms with Crippen molar-refractivity contribution in [3.05, 3.63) is 0 Å². The molecule has 0 bridgehead atoms. The van der Waals surface area contributed by atoms with Crippen LogP contribution < -0.4 is 5.32 Å². The Kier molecular flexibility index (Phi) is 5.30. The Morgan fingerprint density at radius 1 is 1.24 bits per heavy atom. The third-order valence-electron chi connectivity index (χ3n) is 4.71. The zero-order valence-corrected chi connectivity index (χ0v) is 12.2. The first kappa shape index (κ1) is 14.8. The van der Waals surface area contributed by atoms with E-state index in [1.807, 2.05) is 0 Å². The van der Waals surface area contributed by atoms with E-state index in [0.717, 1.165) is 32.1 Å². The Morgan fingerprint density at radius 3 is 2.12 bits per heavy atom. The molecule has 0 aromatic heterocycles. The summed E-state index contributed by atoms with van der Waals surface area (Å²) in [5, 5.41) is 3.24. The van der Waals surface area contributed by atoms with Crippen molar-refractivity contribution in [3.8, 4) is 0 Å². The summed E-state index contributed by atoms with van der Waals surface area (Å²) >= 11 is 6.05. The molecule has 1 rings (SSSR count). The Bertz CT molecular complexity index is 247. The van der Waals surface area contributed by atoms with Crippen molar-refractivity contribution in [2.45, 2.75) is 71.3 Å². The van der Waals surface area contributed by atoms with Crippen molar-refractivity contribution < 1.29 is 4.79 Å². The van der Waals surface area contributed by atoms with Crippen molar-refractivity contribution >= 4 is 17.5 Å². The number of halogens is 1. The predicted octanol–water partition coefficient (Wildman–Crippen LogP) is 3.87. The molecular formula is C14H26ClNO. The van der Waals surface area contributed by atoms with Gasteiger partial charge in [0.1, 0.15) is 0 Å². The van der Waals surface area contributed by atoms with Crippen LogP contribution in [-0.4, -0.2) is 17.3 Å². The number of amides is 1. The molecule has 17 heavy (non-hydrogen) atoms. The minimum Gasteiger partial charge on any atom is -0.349 e. The lowest BCUT2D eigenvalue weighted by atomic mass is 9.81. The quantitative estimate of drug-likeness (QED) is 0.721. The molecule has 0 aromatic carbocycles. The lowest BCUT2D eigenvalue weighted by Crippen LogP contribution is -2.53. The topological polar surface area (TPSA) is 29.1 Å². The van der Waals surface area contributed by atoms with Gasteiger partial charge in [0.15, 0.2) is 0 Å². The van der Waals surface area contributed by atoms with E-state index >= 15 is 0 Å². The molecule has 0 saturated heterocycles. The van der Waals surface area contributed by atoms with Crippen LogP contribution in [0.15, 0.2) is 0 Å². The summed E-state index contributed by atoms with van der Waals surface area (Å²) in [5.41, 5.74) is -0.314. The van der Waals surface area contributed by atoms with Gasteiger partial charge in [0.05, 0.1) is 5.54 Å². The largest absolute Gasteiger partial charge is 0.349 e. The zero-order valence-electron chi connectivity index (χ0n) is 11.4. The lowest BCUT2D eigenvalue weighted by molar-refractivity contribution is -0.133. The molecule has 0 heterocycles. The van der Waals surface area contributed by atoms with Crippen LogP contribution in [0.4, 0.5) is 0 Å². The normalized spacial score (nSPS) is 19.3. The summed E-state index contributed by atoms with van der Waals surface area (Å²) in [6.07, 6.45) is 7.21. The Balaban J connectivity index is 2.75. The van der Waals surface area contributed by atoms with E-state index in [1.54, 1.807) is 0 Å². The predicted molar refractivity (Wildman–Crippen MR) is 73.4 cm³/mol. The molecule has 0 spiro atoms. The fourth-order valence-corrected chi connectivity index (χ4v) is 3.26. The highest BCUT2D eigenvalue weighted by Crippen LogP contribution is 2.41. The molecule has 100 valence electrons. The fraction of sp³-hybridized carbons (Fsp3) is 0.929. The van der Waals surface area contributed by atoms with Crippen LogP contribution in [0.25, 0.3) is 0 Å². The number of hydrogen-bond donors (Lipinski definition) is 1. The monoisotopic (exact) mass is 259 g/mol. The van der Waals surface area contributed by atoms with Gasteiger partial charge >= 0.3 is 0 Å². The van der Waals surface area contributed by atoms with Crippen LogP contribution >= 0.6 is 11.6 Å². The molecular weight excluding hydrogens is 234 g/mol. The molecule has 2 nitrogen and oxygen atoms in total. The van der Waals surface area contributed by atoms with Crippen LogP contribution in [-0.2, 0) is 4.79 Å². The van der Waals surface area contributed by atoms with E-state index in [-0.39, 0.29) is 16.9 Å². The molecule has 1 saturated carbocycles. The number of carbonyl (C=O) groups is 1. The van der Waals surface area contributed by atoms with E-state index in [4.69, 9.17) is 11.6 Å². The van der Waals surface area contributed by atoms with Gasteiger partial charge in [-0.2, -0.15) is 0 Å². The number of nitrogens with one attached hydrogen (secondary N) is 1. The summed E-state index contributed by atoms with van der Waals surface area (Å²) in [6.45, 7) is 6.32. The van der Waals surface area contributed by atoms with Gasteiger partial charge in [0, 0.05) is 11.3 Å². The van der Waals surface area contributed by atoms with E-state index in [9.17, 15) is 4.79 Å². The van der Waals surface area contributed by atoms with E-state index < -0.39 is 0 Å². The van der Waals surface area contributed by atoms with Gasteiger partial charge in [0.25, 0.3) is 0 Å². The molecule has 0 aromatic rings. The maximum atomic E-state index is 12.5. The van der Waals surface area contributed by atoms with E-state index in [2.05, 4.69) is 26.1 Å². The zero-order chi connectivity index (χ0) is 12.9. The van der Waals surface area contributed by atoms with Crippen LogP contribution in [0, 0.1) is 5.41 Å². The Hall–Kier alpha value is -0.240. The first-order valence-electron chi connectivity index (χ1n) is 6.96. The summed E-state index contributed by atoms with van der Waals surface area (Å²) in [7, 11) is 0. The molecule has 0 atom stereocenters. The van der Waals surface area contributed by atoms with Gasteiger partial charge < -0.3 is 5.32 Å². The molecule has 1 amide bonds. The second kappa shape index (κ2) is 6.08. The van der Waals surface area contributed by atoms with Crippen LogP contribution in [0.5, 0.6) is 0 Å². The van der Waals surface area contributed by atoms with E-state index in [0.29, 0.717) is 5.88 Å². The summed E-state index contributed by atoms with van der Waals surface area (Å²) in [4.78, 5) is 12.5. The molecule has 3 heteroatoms. The van der Waals surface area contributed by atoms with Gasteiger partial charge in [-0.15, -0.1) is 11.6 Å². The van der Waals surface area contributed by atoms with E-state index in [1.165, 1.54) is 12.8 Å². The van der Waals surface area contributed by atoms with Gasteiger partial charge in [-0.3, -0.25) is 4.79 Å². The summed E-state index contributed by atoms with van der Waals surface area (Å²) < 4.78 is 0. The summed E-state index contributed by atoms with van der Waals surface area (Å²) in [5.74, 6) is 0.743. The standard InChI is InChI=1S/C14H26ClNO/c1-4-13(9-7-8-10-13)12(17)16-14(5-2,6-3)11-15/h4-11H2,1-3H3,(H,16,17). The van der Waals surface area contributed by atoms with Crippen molar-refractivity contribution in [2.75, 3.05) is 5.88 Å². The minimum atomic E-state index is -0.205. The second-order valence-electron chi connectivity index (χ2n) is 5.42. The summed E-state index contributed by atoms with van der Waals surface area (Å²) in [6, 6.07) is 0. The smallest absolute Gasteiger partial charge is 0.226 e. The third kappa shape index (κ3) is 2.96. The van der Waals surface area contributed by atoms with Crippen LogP contribution in [0.1, 0.15) is 65.7 Å². The van der Waals surface area contributed by atoms with Crippen LogP contribution in [0.3, 0.4) is 0 Å². The second-order valence-corrected chi connectivity index (χ2v) is 5.68. The molecule has 1 fully saturated rings. The van der Waals surface area contributed by atoms with Crippen molar-refractivity contribution in [3.63, 3.8) is 0 Å². The van der Waals surface area contributed by atoms with Crippen molar-refractivity contribution in [1.82, 2.24) is 5.32 Å². The molecule has 1 aliphatic rings. The average molecular weight is 260 g/mol. The first-order chi connectivity index (χ1) is 8.08. The lowest BCUT2D eigenvalue weighted by Gasteiger charge is -2.36. The SMILES string of the molecule is CCC(CC)(CCl)NC(=O)C1(CC)CCCC1. The van der Waals surface area contributed by atoms with Crippen LogP contribution in [0.2, 0.25) is 0 Å². The fourth-order valence-electron chi connectivity index (χ4n) is 2.82. The van der Waals surface area contributed by atoms with Gasteiger partial charge in [-0.05, 0) is 32.1 Å². The number of alkyl halides is 1. The average Bonchev–Trinajstić information content (AvgIpc) is 2.86. The molecule has 1 N–H and O–H groups in total. The molecule has 0 aliphatic heterocycles. The third-order valence-corrected chi connectivity index (χ3v) is 5.22.